The fraction of sp³-hybridized carbons (Fsp3) is 0.333. The Morgan fingerprint density at radius 3 is 2.07 bits per heavy atom. The highest BCUT2D eigenvalue weighted by atomic mass is 35.5. The second-order valence-electron chi connectivity index (χ2n) is 7.21. The number of hydrogen-bond acceptors (Lipinski definition) is 3. The topological polar surface area (TPSA) is 70.2 Å². The van der Waals surface area contributed by atoms with Crippen LogP contribution in [-0.2, 0) is 9.59 Å². The molecule has 3 N–H and O–H groups in total. The van der Waals surface area contributed by atoms with Crippen molar-refractivity contribution >= 4 is 35.6 Å². The molecule has 0 spiro atoms. The van der Waals surface area contributed by atoms with Gasteiger partial charge in [-0.2, -0.15) is 0 Å². The number of anilines is 2. The van der Waals surface area contributed by atoms with E-state index in [1.54, 1.807) is 26.0 Å². The van der Waals surface area contributed by atoms with Gasteiger partial charge in [0.2, 0.25) is 11.8 Å². The fourth-order valence-electron chi connectivity index (χ4n) is 3.41. The van der Waals surface area contributed by atoms with E-state index in [9.17, 15) is 18.4 Å². The van der Waals surface area contributed by atoms with Crippen molar-refractivity contribution in [1.82, 2.24) is 5.32 Å². The number of carbonyl (C=O) groups is 2. The summed E-state index contributed by atoms with van der Waals surface area (Å²) in [6.45, 7) is 4.10. The van der Waals surface area contributed by atoms with E-state index < -0.39 is 17.0 Å². The molecule has 1 atom stereocenters. The van der Waals surface area contributed by atoms with Crippen molar-refractivity contribution in [1.29, 1.82) is 0 Å². The lowest BCUT2D eigenvalue weighted by Gasteiger charge is -2.27. The molecule has 29 heavy (non-hydrogen) atoms. The molecule has 1 fully saturated rings. The summed E-state index contributed by atoms with van der Waals surface area (Å²) >= 11 is 0. The zero-order valence-electron chi connectivity index (χ0n) is 16.3. The lowest BCUT2D eigenvalue weighted by Crippen LogP contribution is -2.41. The maximum Gasteiger partial charge on any atom is 0.232 e. The molecular formula is C21H24ClF2N3O2. The maximum atomic E-state index is 13.8. The molecule has 1 heterocycles. The summed E-state index contributed by atoms with van der Waals surface area (Å²) in [4.78, 5) is 25.6. The van der Waals surface area contributed by atoms with Gasteiger partial charge in [-0.05, 0) is 51.1 Å². The summed E-state index contributed by atoms with van der Waals surface area (Å²) in [5.74, 6) is -1.52. The Morgan fingerprint density at radius 2 is 1.55 bits per heavy atom. The first-order valence-electron chi connectivity index (χ1n) is 9.15. The van der Waals surface area contributed by atoms with Crippen molar-refractivity contribution in [2.75, 3.05) is 23.7 Å². The van der Waals surface area contributed by atoms with Crippen molar-refractivity contribution in [3.05, 3.63) is 59.2 Å². The predicted molar refractivity (Wildman–Crippen MR) is 111 cm³/mol. The van der Waals surface area contributed by atoms with Crippen LogP contribution in [0.25, 0.3) is 0 Å². The van der Waals surface area contributed by atoms with Gasteiger partial charge in [0.1, 0.15) is 11.6 Å². The number of halogens is 3. The molecule has 1 aliphatic rings. The average Bonchev–Trinajstić information content (AvgIpc) is 3.12. The lowest BCUT2D eigenvalue weighted by atomic mass is 9.82. The zero-order valence-corrected chi connectivity index (χ0v) is 17.1. The highest BCUT2D eigenvalue weighted by Crippen LogP contribution is 2.33. The molecule has 1 saturated heterocycles. The summed E-state index contributed by atoms with van der Waals surface area (Å²) in [5.41, 5.74) is 0.501. The molecule has 8 heteroatoms. The Labute approximate surface area is 174 Å². The van der Waals surface area contributed by atoms with E-state index in [0.717, 1.165) is 0 Å². The van der Waals surface area contributed by atoms with E-state index in [2.05, 4.69) is 16.0 Å². The van der Waals surface area contributed by atoms with Crippen LogP contribution in [0.4, 0.5) is 20.2 Å². The fourth-order valence-corrected chi connectivity index (χ4v) is 3.41. The van der Waals surface area contributed by atoms with Gasteiger partial charge in [-0.25, -0.2) is 8.78 Å². The molecule has 0 bridgehead atoms. The van der Waals surface area contributed by atoms with E-state index in [-0.39, 0.29) is 30.6 Å². The number of hydrogen-bond donors (Lipinski definition) is 3. The summed E-state index contributed by atoms with van der Waals surface area (Å²) in [6, 6.07) is 8.94. The SMILES string of the molecule is Cc1c(F)cccc1NC(=O)CC1(C(=O)Nc2cccc(F)c2C)CCNC1.Cl. The molecule has 2 aromatic carbocycles. The largest absolute Gasteiger partial charge is 0.326 e. The van der Waals surface area contributed by atoms with E-state index in [1.165, 1.54) is 24.3 Å². The lowest BCUT2D eigenvalue weighted by molar-refractivity contribution is -0.129. The second-order valence-corrected chi connectivity index (χ2v) is 7.21. The summed E-state index contributed by atoms with van der Waals surface area (Å²) in [5, 5.41) is 8.58. The number of carbonyl (C=O) groups excluding carboxylic acids is 2. The van der Waals surface area contributed by atoms with Crippen LogP contribution in [0, 0.1) is 30.9 Å². The minimum absolute atomic E-state index is 0. The first kappa shape index (κ1) is 22.8. The molecule has 0 aliphatic carbocycles. The van der Waals surface area contributed by atoms with E-state index in [0.29, 0.717) is 42.0 Å². The van der Waals surface area contributed by atoms with Crippen molar-refractivity contribution < 1.29 is 18.4 Å². The number of benzene rings is 2. The van der Waals surface area contributed by atoms with Crippen LogP contribution in [0.2, 0.25) is 0 Å². The number of amides is 2. The predicted octanol–water partition coefficient (Wildman–Crippen LogP) is 3.95. The van der Waals surface area contributed by atoms with Gasteiger partial charge >= 0.3 is 0 Å². The molecule has 2 amide bonds. The van der Waals surface area contributed by atoms with Gasteiger partial charge in [0.15, 0.2) is 0 Å². The molecule has 5 nitrogen and oxygen atoms in total. The Balaban J connectivity index is 0.00000300. The molecule has 0 radical (unpaired) electrons. The molecule has 1 aliphatic heterocycles. The van der Waals surface area contributed by atoms with Gasteiger partial charge in [-0.3, -0.25) is 9.59 Å². The van der Waals surface area contributed by atoms with Gasteiger partial charge < -0.3 is 16.0 Å². The first-order chi connectivity index (χ1) is 13.3. The quantitative estimate of drug-likeness (QED) is 0.682. The smallest absolute Gasteiger partial charge is 0.232 e. The normalized spacial score (nSPS) is 18.1. The van der Waals surface area contributed by atoms with E-state index >= 15 is 0 Å². The van der Waals surface area contributed by atoms with Crippen LogP contribution >= 0.6 is 12.4 Å². The van der Waals surface area contributed by atoms with Crippen LogP contribution < -0.4 is 16.0 Å². The van der Waals surface area contributed by atoms with Crippen LogP contribution in [0.5, 0.6) is 0 Å². The third-order valence-corrected chi connectivity index (χ3v) is 5.28. The van der Waals surface area contributed by atoms with Crippen LogP contribution in [-0.4, -0.2) is 24.9 Å². The maximum absolute atomic E-state index is 13.8. The van der Waals surface area contributed by atoms with Gasteiger partial charge in [0.25, 0.3) is 0 Å². The summed E-state index contributed by atoms with van der Waals surface area (Å²) in [7, 11) is 0. The summed E-state index contributed by atoms with van der Waals surface area (Å²) in [6.07, 6.45) is 0.416. The van der Waals surface area contributed by atoms with Crippen molar-refractivity contribution in [3.8, 4) is 0 Å². The Hall–Kier alpha value is -2.51. The van der Waals surface area contributed by atoms with Crippen LogP contribution in [0.1, 0.15) is 24.0 Å². The van der Waals surface area contributed by atoms with Gasteiger partial charge in [0, 0.05) is 35.5 Å². The standard InChI is InChI=1S/C21H23F2N3O2.ClH/c1-13-15(22)5-3-7-17(13)25-19(27)11-21(9-10-24-12-21)20(28)26-18-8-4-6-16(23)14(18)2;/h3-8,24H,9-12H2,1-2H3,(H,25,27)(H,26,28);1H. The monoisotopic (exact) mass is 423 g/mol. The van der Waals surface area contributed by atoms with Gasteiger partial charge in [0.05, 0.1) is 5.41 Å². The Morgan fingerprint density at radius 1 is 1.00 bits per heavy atom. The van der Waals surface area contributed by atoms with Crippen molar-refractivity contribution in [2.45, 2.75) is 26.7 Å². The highest BCUT2D eigenvalue weighted by Gasteiger charge is 2.43. The first-order valence-corrected chi connectivity index (χ1v) is 9.15. The van der Waals surface area contributed by atoms with Crippen molar-refractivity contribution in [3.63, 3.8) is 0 Å². The summed E-state index contributed by atoms with van der Waals surface area (Å²) < 4.78 is 27.5. The molecule has 3 rings (SSSR count). The van der Waals surface area contributed by atoms with Crippen LogP contribution in [0.3, 0.4) is 0 Å². The van der Waals surface area contributed by atoms with Gasteiger partial charge in [-0.15, -0.1) is 12.4 Å². The molecule has 0 aromatic heterocycles. The molecule has 156 valence electrons. The number of nitrogens with one attached hydrogen (secondary N) is 3. The van der Waals surface area contributed by atoms with Gasteiger partial charge in [-0.1, -0.05) is 12.1 Å². The molecule has 2 aromatic rings. The zero-order chi connectivity index (χ0) is 20.3. The Kier molecular flexibility index (Phi) is 7.32. The highest BCUT2D eigenvalue weighted by molar-refractivity contribution is 6.01. The second kappa shape index (κ2) is 9.33. The molecule has 0 saturated carbocycles. The minimum atomic E-state index is -0.954. The minimum Gasteiger partial charge on any atom is -0.326 e. The third kappa shape index (κ3) is 4.92. The number of rotatable bonds is 5. The van der Waals surface area contributed by atoms with E-state index in [1.807, 2.05) is 0 Å². The molecular weight excluding hydrogens is 400 g/mol. The molecule has 1 unspecified atom stereocenters. The van der Waals surface area contributed by atoms with Crippen LogP contribution in [0.15, 0.2) is 36.4 Å². The third-order valence-electron chi connectivity index (χ3n) is 5.28. The Bertz CT molecular complexity index is 915. The average molecular weight is 424 g/mol. The van der Waals surface area contributed by atoms with Crippen molar-refractivity contribution in [2.24, 2.45) is 5.41 Å². The van der Waals surface area contributed by atoms with E-state index in [4.69, 9.17) is 0 Å².